The van der Waals surface area contributed by atoms with Crippen molar-refractivity contribution in [3.8, 4) is 83.8 Å². The Morgan fingerprint density at radius 2 is 0.655 bits per heavy atom. The summed E-state index contributed by atoms with van der Waals surface area (Å²) < 4.78 is 2.42. The maximum atomic E-state index is 5.40. The predicted octanol–water partition coefficient (Wildman–Crippen LogP) is 14.2. The van der Waals surface area contributed by atoms with Crippen molar-refractivity contribution < 1.29 is 0 Å². The highest BCUT2D eigenvalue weighted by Crippen LogP contribution is 2.44. The number of fused-ring (bicyclic) bond motifs is 16. The van der Waals surface area contributed by atoms with Crippen LogP contribution in [0.25, 0.3) is 106 Å². The van der Waals surface area contributed by atoms with Crippen molar-refractivity contribution in [2.24, 2.45) is 0 Å². The summed E-state index contributed by atoms with van der Waals surface area (Å²) in [5.74, 6) is 0. The number of pyridine rings is 1. The van der Waals surface area contributed by atoms with E-state index in [0.717, 1.165) is 44.9 Å². The molecule has 0 fully saturated rings. The van der Waals surface area contributed by atoms with Gasteiger partial charge in [0.05, 0.1) is 22.4 Å². The Hall–Kier alpha value is -7.29. The van der Waals surface area contributed by atoms with E-state index in [0.29, 0.717) is 0 Å². The van der Waals surface area contributed by atoms with Gasteiger partial charge in [-0.2, -0.15) is 0 Å². The molecule has 1 aliphatic rings. The molecule has 0 saturated heterocycles. The zero-order valence-electron chi connectivity index (χ0n) is 30.0. The van der Waals surface area contributed by atoms with Crippen LogP contribution in [0.15, 0.2) is 206 Å². The Morgan fingerprint density at radius 1 is 0.273 bits per heavy atom. The second-order valence-electron chi connectivity index (χ2n) is 14.4. The van der Waals surface area contributed by atoms with Gasteiger partial charge in [-0.15, -0.1) is 0 Å². The van der Waals surface area contributed by atoms with Gasteiger partial charge < -0.3 is 4.57 Å². The molecule has 11 rings (SSSR count). The second kappa shape index (κ2) is 12.7. The first-order valence-corrected chi connectivity index (χ1v) is 18.9. The fourth-order valence-electron chi connectivity index (χ4n) is 8.52. The Bertz CT molecular complexity index is 3080. The molecule has 55 heavy (non-hydrogen) atoms. The molecule has 0 spiro atoms. The number of benzene rings is 8. The molecule has 0 atom stereocenters. The molecule has 2 aromatic heterocycles. The average molecular weight is 699 g/mol. The van der Waals surface area contributed by atoms with Gasteiger partial charge in [0, 0.05) is 27.6 Å². The number of hydrogen-bond acceptors (Lipinski definition) is 1. The van der Waals surface area contributed by atoms with Crippen molar-refractivity contribution in [3.05, 3.63) is 206 Å². The van der Waals surface area contributed by atoms with Crippen LogP contribution in [0.3, 0.4) is 0 Å². The summed E-state index contributed by atoms with van der Waals surface area (Å²) in [6.45, 7) is 0. The molecule has 2 heteroatoms. The van der Waals surface area contributed by atoms with Crippen LogP contribution in [0.5, 0.6) is 0 Å². The van der Waals surface area contributed by atoms with E-state index >= 15 is 0 Å². The van der Waals surface area contributed by atoms with Crippen LogP contribution >= 0.6 is 0 Å². The van der Waals surface area contributed by atoms with Gasteiger partial charge in [-0.1, -0.05) is 146 Å². The maximum Gasteiger partial charge on any atom is 0.0715 e. The van der Waals surface area contributed by atoms with Crippen LogP contribution in [0.4, 0.5) is 0 Å². The van der Waals surface area contributed by atoms with Crippen LogP contribution < -0.4 is 0 Å². The third kappa shape index (κ3) is 5.30. The van der Waals surface area contributed by atoms with Gasteiger partial charge in [-0.3, -0.25) is 0 Å². The highest BCUT2D eigenvalue weighted by Gasteiger charge is 2.20. The van der Waals surface area contributed by atoms with Crippen LogP contribution in [-0.4, -0.2) is 9.55 Å². The molecule has 0 aliphatic carbocycles. The van der Waals surface area contributed by atoms with E-state index in [1.807, 2.05) is 0 Å². The lowest BCUT2D eigenvalue weighted by molar-refractivity contribution is 1.18. The smallest absolute Gasteiger partial charge is 0.0715 e. The molecule has 0 saturated carbocycles. The van der Waals surface area contributed by atoms with E-state index in [1.54, 1.807) is 0 Å². The summed E-state index contributed by atoms with van der Waals surface area (Å²) in [6, 6.07) is 75.0. The molecule has 0 unspecified atom stereocenters. The highest BCUT2D eigenvalue weighted by atomic mass is 15.0. The zero-order valence-corrected chi connectivity index (χ0v) is 30.0. The first kappa shape index (κ1) is 31.3. The van der Waals surface area contributed by atoms with Gasteiger partial charge in [0.1, 0.15) is 0 Å². The van der Waals surface area contributed by atoms with E-state index in [4.69, 9.17) is 4.98 Å². The lowest BCUT2D eigenvalue weighted by Crippen LogP contribution is -1.93. The van der Waals surface area contributed by atoms with E-state index in [9.17, 15) is 0 Å². The molecule has 10 bridgehead atoms. The molecule has 3 heterocycles. The lowest BCUT2D eigenvalue weighted by Gasteiger charge is -2.13. The van der Waals surface area contributed by atoms with Crippen LogP contribution in [-0.2, 0) is 0 Å². The summed E-state index contributed by atoms with van der Waals surface area (Å²) in [7, 11) is 0. The molecule has 1 aliphatic heterocycles. The van der Waals surface area contributed by atoms with Crippen molar-refractivity contribution in [1.29, 1.82) is 0 Å². The van der Waals surface area contributed by atoms with E-state index in [1.165, 1.54) is 60.8 Å². The number of hydrogen-bond donors (Lipinski definition) is 0. The fourth-order valence-corrected chi connectivity index (χ4v) is 8.52. The van der Waals surface area contributed by atoms with Crippen molar-refractivity contribution in [3.63, 3.8) is 0 Å². The number of nitrogens with zero attached hydrogens (tertiary/aromatic N) is 2. The Kier molecular flexibility index (Phi) is 7.21. The van der Waals surface area contributed by atoms with Crippen LogP contribution in [0.2, 0.25) is 0 Å². The molecule has 256 valence electrons. The summed E-state index contributed by atoms with van der Waals surface area (Å²) in [5, 5.41) is 2.48. The van der Waals surface area contributed by atoms with Gasteiger partial charge in [-0.05, 0) is 116 Å². The minimum Gasteiger partial charge on any atom is -0.309 e. The van der Waals surface area contributed by atoms with Gasteiger partial charge >= 0.3 is 0 Å². The molecular formula is C53H34N2. The Morgan fingerprint density at radius 3 is 1.18 bits per heavy atom. The molecule has 0 N–H and O–H groups in total. The van der Waals surface area contributed by atoms with E-state index in [2.05, 4.69) is 211 Å². The molecule has 0 amide bonds. The first-order valence-electron chi connectivity index (χ1n) is 18.9. The van der Waals surface area contributed by atoms with Crippen LogP contribution in [0, 0.1) is 0 Å². The van der Waals surface area contributed by atoms with Crippen LogP contribution in [0.1, 0.15) is 0 Å². The molecule has 2 nitrogen and oxygen atoms in total. The van der Waals surface area contributed by atoms with E-state index < -0.39 is 0 Å². The largest absolute Gasteiger partial charge is 0.309 e. The first-order chi connectivity index (χ1) is 27.2. The zero-order chi connectivity index (χ0) is 36.3. The summed E-state index contributed by atoms with van der Waals surface area (Å²) in [5.41, 5.74) is 19.3. The molecule has 0 radical (unpaired) electrons. The second-order valence-corrected chi connectivity index (χ2v) is 14.4. The average Bonchev–Trinajstić information content (AvgIpc) is 3.62. The predicted molar refractivity (Wildman–Crippen MR) is 230 cm³/mol. The third-order valence-electron chi connectivity index (χ3n) is 11.1. The molecule has 10 aromatic rings. The van der Waals surface area contributed by atoms with Gasteiger partial charge in [-0.25, -0.2) is 4.98 Å². The molecular weight excluding hydrogens is 665 g/mol. The Balaban J connectivity index is 1.26. The van der Waals surface area contributed by atoms with Gasteiger partial charge in [0.15, 0.2) is 0 Å². The van der Waals surface area contributed by atoms with Gasteiger partial charge in [0.25, 0.3) is 0 Å². The number of rotatable bonds is 2. The monoisotopic (exact) mass is 698 g/mol. The highest BCUT2D eigenvalue weighted by molar-refractivity contribution is 6.21. The lowest BCUT2D eigenvalue weighted by atomic mass is 9.92. The summed E-state index contributed by atoms with van der Waals surface area (Å²) >= 11 is 0. The molecule has 8 aromatic carbocycles. The minimum absolute atomic E-state index is 0.944. The van der Waals surface area contributed by atoms with E-state index in [-0.39, 0.29) is 0 Å². The minimum atomic E-state index is 0.944. The quantitative estimate of drug-likeness (QED) is 0.176. The van der Waals surface area contributed by atoms with Gasteiger partial charge in [0.2, 0.25) is 0 Å². The summed E-state index contributed by atoms with van der Waals surface area (Å²) in [6.07, 6.45) is 0. The SMILES string of the molecule is c1ccc(-c2cc3nc(c2)-c2cccc(c2)-c2cccc4c2c2c(cccc2n4-c2ccccc2)-c2cccc(c2)-c2cccc(c2)-c2cccc-3c2)cc1. The number of aromatic nitrogens is 2. The van der Waals surface area contributed by atoms with Crippen molar-refractivity contribution >= 4 is 21.8 Å². The van der Waals surface area contributed by atoms with Crippen molar-refractivity contribution in [1.82, 2.24) is 9.55 Å². The Labute approximate surface area is 320 Å². The standard InChI is InChI=1S/C53H34N2/c1-3-13-35(14-4-1)44-33-48-42-21-9-18-39(31-42)37-16-7-15-36(29-37)38-17-8-19-40(30-38)46-25-11-27-50-52(46)53-47(41-20-10-22-43(32-41)49(34-44)54-48)26-12-28-51(53)55(50)45-23-5-2-6-24-45/h1-34H. The normalized spacial score (nSPS) is 11.6. The maximum absolute atomic E-state index is 5.40. The topological polar surface area (TPSA) is 17.8 Å². The van der Waals surface area contributed by atoms with Crippen molar-refractivity contribution in [2.45, 2.75) is 0 Å². The third-order valence-corrected chi connectivity index (χ3v) is 11.1. The van der Waals surface area contributed by atoms with Crippen molar-refractivity contribution in [2.75, 3.05) is 0 Å². The number of para-hydroxylation sites is 1. The summed E-state index contributed by atoms with van der Waals surface area (Å²) in [4.78, 5) is 5.40. The fraction of sp³-hybridized carbons (Fsp3) is 0.